The first-order chi connectivity index (χ1) is 8.25. The largest absolute Gasteiger partial charge is 0.508 e. The van der Waals surface area contributed by atoms with E-state index in [0.717, 1.165) is 0 Å². The van der Waals surface area contributed by atoms with Gasteiger partial charge in [0.15, 0.2) is 0 Å². The second kappa shape index (κ2) is 5.16. The number of phenolic OH excluding ortho intramolecular Hbond substituents is 1. The van der Waals surface area contributed by atoms with Gasteiger partial charge < -0.3 is 10.4 Å². The molecule has 2 aromatic carbocycles. The molecule has 0 atom stereocenters. The number of rotatable bonds is 3. The predicted octanol–water partition coefficient (Wildman–Crippen LogP) is 2.37. The zero-order valence-corrected chi connectivity index (χ0v) is 9.18. The normalized spacial score (nSPS) is 9.88. The molecule has 2 rings (SSSR count). The number of amides is 1. The van der Waals surface area contributed by atoms with Crippen molar-refractivity contribution in [1.82, 2.24) is 0 Å². The second-order valence-corrected chi connectivity index (χ2v) is 3.63. The first-order valence-corrected chi connectivity index (χ1v) is 5.29. The fourth-order valence-electron chi connectivity index (χ4n) is 1.50. The van der Waals surface area contributed by atoms with E-state index in [0.29, 0.717) is 11.3 Å². The molecule has 85 valence electrons. The van der Waals surface area contributed by atoms with E-state index in [-0.39, 0.29) is 18.1 Å². The monoisotopic (exact) mass is 226 g/mol. The van der Waals surface area contributed by atoms with Crippen molar-refractivity contribution in [1.29, 1.82) is 0 Å². The number of anilines is 1. The Morgan fingerprint density at radius 3 is 2.65 bits per heavy atom. The number of benzene rings is 2. The SMILES string of the molecule is O=C(Cc1ccccc1O)Nc1[c]cccc1. The van der Waals surface area contributed by atoms with E-state index in [9.17, 15) is 9.90 Å². The lowest BCUT2D eigenvalue weighted by Crippen LogP contribution is -2.14. The second-order valence-electron chi connectivity index (χ2n) is 3.63. The van der Waals surface area contributed by atoms with Gasteiger partial charge in [-0.05, 0) is 12.1 Å². The Bertz CT molecular complexity index is 509. The number of phenols is 1. The molecular weight excluding hydrogens is 214 g/mol. The maximum Gasteiger partial charge on any atom is 0.228 e. The maximum atomic E-state index is 11.7. The lowest BCUT2D eigenvalue weighted by molar-refractivity contribution is -0.115. The van der Waals surface area contributed by atoms with E-state index in [2.05, 4.69) is 11.4 Å². The molecule has 0 heterocycles. The Hall–Kier alpha value is -2.29. The Labute approximate surface area is 99.7 Å². The quantitative estimate of drug-likeness (QED) is 0.844. The lowest BCUT2D eigenvalue weighted by atomic mass is 10.1. The molecule has 1 radical (unpaired) electrons. The number of hydrogen-bond acceptors (Lipinski definition) is 2. The van der Waals surface area contributed by atoms with Crippen molar-refractivity contribution in [2.24, 2.45) is 0 Å². The number of aromatic hydroxyl groups is 1. The highest BCUT2D eigenvalue weighted by Crippen LogP contribution is 2.16. The van der Waals surface area contributed by atoms with Gasteiger partial charge in [-0.1, -0.05) is 36.4 Å². The van der Waals surface area contributed by atoms with Crippen molar-refractivity contribution in [2.75, 3.05) is 5.32 Å². The van der Waals surface area contributed by atoms with Crippen LogP contribution in [0.5, 0.6) is 5.75 Å². The van der Waals surface area contributed by atoms with Gasteiger partial charge in [0.1, 0.15) is 5.75 Å². The fraction of sp³-hybridized carbons (Fsp3) is 0.0714. The smallest absolute Gasteiger partial charge is 0.228 e. The molecule has 0 fully saturated rings. The average molecular weight is 226 g/mol. The van der Waals surface area contributed by atoms with Crippen LogP contribution in [0.25, 0.3) is 0 Å². The molecule has 0 bridgehead atoms. The van der Waals surface area contributed by atoms with Crippen molar-refractivity contribution in [2.45, 2.75) is 6.42 Å². The predicted molar refractivity (Wildman–Crippen MR) is 65.7 cm³/mol. The number of para-hydroxylation sites is 2. The number of nitrogens with one attached hydrogen (secondary N) is 1. The highest BCUT2D eigenvalue weighted by Gasteiger charge is 2.06. The molecule has 3 nitrogen and oxygen atoms in total. The van der Waals surface area contributed by atoms with Gasteiger partial charge in [-0.2, -0.15) is 0 Å². The summed E-state index contributed by atoms with van der Waals surface area (Å²) in [6, 6.07) is 16.9. The molecule has 0 saturated heterocycles. The minimum absolute atomic E-state index is 0.139. The maximum absolute atomic E-state index is 11.7. The van der Waals surface area contributed by atoms with Gasteiger partial charge in [-0.3, -0.25) is 4.79 Å². The van der Waals surface area contributed by atoms with E-state index < -0.39 is 0 Å². The summed E-state index contributed by atoms with van der Waals surface area (Å²) in [6.45, 7) is 0. The van der Waals surface area contributed by atoms with Crippen molar-refractivity contribution in [3.8, 4) is 5.75 Å². The topological polar surface area (TPSA) is 49.3 Å². The molecule has 0 aromatic heterocycles. The molecular formula is C14H12NO2. The van der Waals surface area contributed by atoms with Crippen LogP contribution in [0.15, 0.2) is 48.5 Å². The van der Waals surface area contributed by atoms with Gasteiger partial charge in [0.05, 0.1) is 6.42 Å². The lowest BCUT2D eigenvalue weighted by Gasteiger charge is -2.05. The third kappa shape index (κ3) is 3.08. The van der Waals surface area contributed by atoms with Crippen LogP contribution in [0.1, 0.15) is 5.56 Å². The number of carbonyl (C=O) groups is 1. The highest BCUT2D eigenvalue weighted by molar-refractivity contribution is 5.92. The van der Waals surface area contributed by atoms with Crippen LogP contribution in [0, 0.1) is 6.07 Å². The van der Waals surface area contributed by atoms with Crippen LogP contribution in [-0.4, -0.2) is 11.0 Å². The van der Waals surface area contributed by atoms with Gasteiger partial charge in [-0.25, -0.2) is 0 Å². The summed E-state index contributed by atoms with van der Waals surface area (Å²) < 4.78 is 0. The van der Waals surface area contributed by atoms with E-state index in [1.165, 1.54) is 0 Å². The Kier molecular flexibility index (Phi) is 3.40. The molecule has 2 N–H and O–H groups in total. The first-order valence-electron chi connectivity index (χ1n) is 5.29. The third-order valence-corrected chi connectivity index (χ3v) is 2.33. The standard InChI is InChI=1S/C14H12NO2/c16-13-9-5-4-6-11(13)10-14(17)15-12-7-2-1-3-8-12/h1-7,9,16H,10H2,(H,15,17). The minimum atomic E-state index is -0.172. The third-order valence-electron chi connectivity index (χ3n) is 2.33. The van der Waals surface area contributed by atoms with E-state index in [1.807, 2.05) is 12.1 Å². The fourth-order valence-corrected chi connectivity index (χ4v) is 1.50. The van der Waals surface area contributed by atoms with Gasteiger partial charge in [0.2, 0.25) is 5.91 Å². The highest BCUT2D eigenvalue weighted by atomic mass is 16.3. The van der Waals surface area contributed by atoms with Crippen molar-refractivity contribution in [3.05, 3.63) is 60.2 Å². The van der Waals surface area contributed by atoms with Crippen LogP contribution in [0.2, 0.25) is 0 Å². The summed E-state index contributed by atoms with van der Waals surface area (Å²) in [7, 11) is 0. The molecule has 0 aliphatic carbocycles. The van der Waals surface area contributed by atoms with Gasteiger partial charge in [0.25, 0.3) is 0 Å². The van der Waals surface area contributed by atoms with Crippen LogP contribution in [0.3, 0.4) is 0 Å². The van der Waals surface area contributed by atoms with Crippen molar-refractivity contribution in [3.63, 3.8) is 0 Å². The minimum Gasteiger partial charge on any atom is -0.508 e. The Morgan fingerprint density at radius 2 is 1.94 bits per heavy atom. The summed E-state index contributed by atoms with van der Waals surface area (Å²) in [5, 5.41) is 12.2. The molecule has 0 spiro atoms. The first kappa shape index (κ1) is 11.2. The van der Waals surface area contributed by atoms with Crippen molar-refractivity contribution >= 4 is 11.6 Å². The summed E-state index contributed by atoms with van der Waals surface area (Å²) >= 11 is 0. The summed E-state index contributed by atoms with van der Waals surface area (Å²) in [5.74, 6) is -0.0337. The number of hydrogen-bond donors (Lipinski definition) is 2. The van der Waals surface area contributed by atoms with Gasteiger partial charge in [0, 0.05) is 17.3 Å². The molecule has 2 aromatic rings. The molecule has 0 aliphatic rings. The van der Waals surface area contributed by atoms with Crippen molar-refractivity contribution < 1.29 is 9.90 Å². The Morgan fingerprint density at radius 1 is 1.18 bits per heavy atom. The summed E-state index contributed by atoms with van der Waals surface area (Å²) in [6.07, 6.45) is 0.148. The van der Waals surface area contributed by atoms with Gasteiger partial charge in [-0.15, -0.1) is 0 Å². The molecule has 0 unspecified atom stereocenters. The van der Waals surface area contributed by atoms with Crippen LogP contribution in [-0.2, 0) is 11.2 Å². The van der Waals surface area contributed by atoms with Crippen LogP contribution < -0.4 is 5.32 Å². The molecule has 17 heavy (non-hydrogen) atoms. The van der Waals surface area contributed by atoms with E-state index in [1.54, 1.807) is 36.4 Å². The summed E-state index contributed by atoms with van der Waals surface area (Å²) in [5.41, 5.74) is 1.24. The molecule has 0 aliphatic heterocycles. The van der Waals surface area contributed by atoms with Crippen LogP contribution in [0.4, 0.5) is 5.69 Å². The zero-order chi connectivity index (χ0) is 12.1. The molecule has 0 saturated carbocycles. The molecule has 1 amide bonds. The van der Waals surface area contributed by atoms with Gasteiger partial charge >= 0.3 is 0 Å². The number of carbonyl (C=O) groups excluding carboxylic acids is 1. The van der Waals surface area contributed by atoms with E-state index >= 15 is 0 Å². The Balaban J connectivity index is 2.01. The molecule has 3 heteroatoms. The van der Waals surface area contributed by atoms with E-state index in [4.69, 9.17) is 0 Å². The zero-order valence-electron chi connectivity index (χ0n) is 9.18. The summed E-state index contributed by atoms with van der Waals surface area (Å²) in [4.78, 5) is 11.7. The van der Waals surface area contributed by atoms with Crippen LogP contribution >= 0.6 is 0 Å². The average Bonchev–Trinajstić information content (AvgIpc) is 2.33.